The summed E-state index contributed by atoms with van der Waals surface area (Å²) in [6.45, 7) is -0.216. The Morgan fingerprint density at radius 2 is 2.25 bits per heavy atom. The summed E-state index contributed by atoms with van der Waals surface area (Å²) in [4.78, 5) is 52.7. The summed E-state index contributed by atoms with van der Waals surface area (Å²) < 4.78 is 51.3. The van der Waals surface area contributed by atoms with Gasteiger partial charge in [-0.05, 0) is 38.0 Å². The zero-order valence-electron chi connectivity index (χ0n) is 18.1. The van der Waals surface area contributed by atoms with Crippen LogP contribution in [0.3, 0.4) is 0 Å². The fraction of sp³-hybridized carbons (Fsp3) is 0.529. The van der Waals surface area contributed by atoms with Gasteiger partial charge in [-0.1, -0.05) is 6.92 Å². The van der Waals surface area contributed by atoms with E-state index in [2.05, 4.69) is 10.3 Å². The van der Waals surface area contributed by atoms with Gasteiger partial charge in [0.05, 0.1) is 17.1 Å². The number of aliphatic imine (C=N–C) groups is 1. The first-order chi connectivity index (χ1) is 14.3. The van der Waals surface area contributed by atoms with Gasteiger partial charge in [-0.2, -0.15) is 0 Å². The molecular formula is C17H23N4O6S. The summed E-state index contributed by atoms with van der Waals surface area (Å²) in [5.41, 5.74) is 5.14. The van der Waals surface area contributed by atoms with Crippen molar-refractivity contribution in [3.05, 3.63) is 18.6 Å². The van der Waals surface area contributed by atoms with Crippen LogP contribution in [0.1, 0.15) is 30.3 Å². The average Bonchev–Trinajstić information content (AvgIpc) is 2.82. The molecule has 2 heterocycles. The summed E-state index contributed by atoms with van der Waals surface area (Å²) in [5.74, 6) is -5.56. The van der Waals surface area contributed by atoms with E-state index in [4.69, 9.17) is 9.85 Å². The van der Waals surface area contributed by atoms with E-state index >= 15 is 0 Å². The van der Waals surface area contributed by atoms with Gasteiger partial charge in [-0.25, -0.2) is 12.7 Å². The van der Waals surface area contributed by atoms with Gasteiger partial charge in [0.2, 0.25) is 17.2 Å². The summed E-state index contributed by atoms with van der Waals surface area (Å²) in [6.07, 6.45) is 2.80. The number of amides is 2. The molecule has 0 aromatic carbocycles. The molecule has 3 N–H and O–H groups in total. The topological polar surface area (TPSA) is 156 Å². The van der Waals surface area contributed by atoms with Gasteiger partial charge in [0.15, 0.2) is 11.6 Å². The lowest BCUT2D eigenvalue weighted by Crippen LogP contribution is -2.53. The Morgan fingerprint density at radius 1 is 1.54 bits per heavy atom. The quantitative estimate of drug-likeness (QED) is 0.525. The number of ketones is 2. The Labute approximate surface area is 167 Å². The van der Waals surface area contributed by atoms with Gasteiger partial charge >= 0.3 is 0 Å². The van der Waals surface area contributed by atoms with Crippen LogP contribution >= 0.6 is 0 Å². The van der Waals surface area contributed by atoms with Crippen LogP contribution in [-0.2, 0) is 29.2 Å². The number of Topliss-reactive ketones (excluding diaryl/α,β-unsaturated/α-hetero) is 1. The Kier molecular flexibility index (Phi) is 5.81. The molecule has 2 rings (SSSR count). The fourth-order valence-electron chi connectivity index (χ4n) is 2.46. The Bertz CT molecular complexity index is 956. The normalized spacial score (nSPS) is 33.3. The van der Waals surface area contributed by atoms with Crippen molar-refractivity contribution in [2.45, 2.75) is 37.6 Å². The van der Waals surface area contributed by atoms with Crippen molar-refractivity contribution in [3.8, 4) is 0 Å². The highest BCUT2D eigenvalue weighted by atomic mass is 32.2. The molecule has 10 nitrogen and oxygen atoms in total. The number of allylic oxidation sites excluding steroid dienone is 1. The molecule has 1 radical (unpaired) electrons. The second-order valence-electron chi connectivity index (χ2n) is 6.17. The second kappa shape index (κ2) is 9.20. The van der Waals surface area contributed by atoms with E-state index in [0.29, 0.717) is 0 Å². The fourth-order valence-corrected chi connectivity index (χ4v) is 3.93. The van der Waals surface area contributed by atoms with Crippen LogP contribution in [-0.4, -0.2) is 66.8 Å². The molecule has 1 saturated heterocycles. The largest absolute Gasteiger partial charge is 0.369 e. The molecule has 2 aliphatic heterocycles. The zero-order chi connectivity index (χ0) is 23.6. The van der Waals surface area contributed by atoms with Crippen molar-refractivity contribution in [3.63, 3.8) is 0 Å². The van der Waals surface area contributed by atoms with Crippen LogP contribution in [0.5, 0.6) is 0 Å². The number of nitrogens with one attached hydrogen (secondary N) is 1. The standard InChI is InChI=1S/C17H23N4O6S/c1-11(16(18)25)6-7-15(24)21(12-4-2-8-19-10-14(12)23)28(26,27)17-13(22)5-3-9-20-17/h3,5,7,9,11-12,17,19H,2,4,6,8,10H2,1H3,(H2,18,25)/t11?,12?,17-/m0/s1/i10D,12D,17D/t10?,11?,12?,17-. The van der Waals surface area contributed by atoms with Gasteiger partial charge in [0.1, 0.15) is 6.02 Å². The highest BCUT2D eigenvalue weighted by molar-refractivity contribution is 7.91. The number of carbonyl (C=O) groups excluding carboxylic acids is 4. The molecule has 11 heteroatoms. The van der Waals surface area contributed by atoms with Crippen molar-refractivity contribution in [2.75, 3.05) is 13.1 Å². The minimum absolute atomic E-state index is 0.0593. The molecule has 1 fully saturated rings. The molecular weight excluding hydrogens is 388 g/mol. The van der Waals surface area contributed by atoms with E-state index in [1.165, 1.54) is 6.92 Å². The van der Waals surface area contributed by atoms with Crippen LogP contribution in [0, 0.1) is 12.3 Å². The lowest BCUT2D eigenvalue weighted by atomic mass is 10.0. The lowest BCUT2D eigenvalue weighted by Gasteiger charge is -2.31. The first kappa shape index (κ1) is 17.7. The van der Waals surface area contributed by atoms with Crippen molar-refractivity contribution < 1.29 is 31.7 Å². The molecule has 2 aliphatic rings. The van der Waals surface area contributed by atoms with E-state index in [0.717, 1.165) is 24.8 Å². The molecule has 153 valence electrons. The third kappa shape index (κ3) is 4.90. The highest BCUT2D eigenvalue weighted by Crippen LogP contribution is 2.23. The number of dihydropyridines is 1. The van der Waals surface area contributed by atoms with E-state index in [1.807, 2.05) is 0 Å². The van der Waals surface area contributed by atoms with Crippen LogP contribution in [0.15, 0.2) is 17.1 Å². The van der Waals surface area contributed by atoms with Gasteiger partial charge in [-0.3, -0.25) is 24.2 Å². The number of hydrogen-bond donors (Lipinski definition) is 2. The van der Waals surface area contributed by atoms with Gasteiger partial charge < -0.3 is 11.1 Å². The first-order valence-corrected chi connectivity index (χ1v) is 9.91. The molecule has 0 saturated carbocycles. The molecule has 0 aromatic rings. The first-order valence-electron chi connectivity index (χ1n) is 10.0. The summed E-state index contributed by atoms with van der Waals surface area (Å²) >= 11 is 0. The molecule has 2 amide bonds. The number of sulfonamides is 1. The van der Waals surface area contributed by atoms with Gasteiger partial charge in [0, 0.05) is 12.1 Å². The minimum atomic E-state index is -5.39. The molecule has 0 bridgehead atoms. The van der Waals surface area contributed by atoms with E-state index < -0.39 is 63.6 Å². The predicted molar refractivity (Wildman–Crippen MR) is 100 cm³/mol. The smallest absolute Gasteiger partial charge is 0.268 e. The molecule has 3 unspecified atom stereocenters. The van der Waals surface area contributed by atoms with Crippen molar-refractivity contribution >= 4 is 39.6 Å². The Balaban J connectivity index is 2.60. The zero-order valence-corrected chi connectivity index (χ0v) is 15.9. The number of carbonyl (C=O) groups is 4. The molecule has 28 heavy (non-hydrogen) atoms. The highest BCUT2D eigenvalue weighted by Gasteiger charge is 2.45. The van der Waals surface area contributed by atoms with Crippen LogP contribution in [0.25, 0.3) is 0 Å². The number of hydrogen-bond acceptors (Lipinski definition) is 8. The third-order valence-electron chi connectivity index (χ3n) is 4.05. The maximum absolute atomic E-state index is 13.4. The summed E-state index contributed by atoms with van der Waals surface area (Å²) in [7, 11) is -5.39. The third-order valence-corrected chi connectivity index (χ3v) is 5.73. The number of nitrogens with zero attached hydrogens (tertiary/aromatic N) is 2. The van der Waals surface area contributed by atoms with Crippen molar-refractivity contribution in [1.82, 2.24) is 9.62 Å². The van der Waals surface area contributed by atoms with Gasteiger partial charge in [-0.15, -0.1) is 0 Å². The van der Waals surface area contributed by atoms with Crippen molar-refractivity contribution in [1.29, 1.82) is 0 Å². The maximum atomic E-state index is 13.4. The minimum Gasteiger partial charge on any atom is -0.369 e. The summed E-state index contributed by atoms with van der Waals surface area (Å²) in [6, 6.07) is -2.80. The number of nitrogens with two attached hydrogens (primary N) is 1. The van der Waals surface area contributed by atoms with E-state index in [1.54, 1.807) is 0 Å². The predicted octanol–water partition coefficient (Wildman–Crippen LogP) is -1.28. The second-order valence-corrected chi connectivity index (χ2v) is 7.87. The van der Waals surface area contributed by atoms with E-state index in [9.17, 15) is 27.6 Å². The van der Waals surface area contributed by atoms with E-state index in [-0.39, 0.29) is 23.7 Å². The van der Waals surface area contributed by atoms with Gasteiger partial charge in [0.25, 0.3) is 10.0 Å². The molecule has 0 spiro atoms. The Morgan fingerprint density at radius 3 is 2.89 bits per heavy atom. The lowest BCUT2D eigenvalue weighted by molar-refractivity contribution is -0.131. The molecule has 0 aliphatic carbocycles. The van der Waals surface area contributed by atoms with Crippen LogP contribution < -0.4 is 11.1 Å². The monoisotopic (exact) mass is 414 g/mol. The number of primary amides is 1. The molecule has 4 atom stereocenters. The average molecular weight is 414 g/mol. The Hall–Kier alpha value is -2.40. The van der Waals surface area contributed by atoms with Crippen molar-refractivity contribution in [2.24, 2.45) is 16.6 Å². The maximum Gasteiger partial charge on any atom is 0.268 e. The SMILES string of the molecule is [2H]C1NCCCC([2H])(N(C(=O)[CH]CC(C)C(N)=O)S(=O)(=O)[C@]2([2H])N=CC=CC2=O)C1=O. The van der Waals surface area contributed by atoms with Crippen LogP contribution in [0.2, 0.25) is 0 Å². The van der Waals surface area contributed by atoms with Crippen LogP contribution in [0.4, 0.5) is 0 Å². The number of rotatable bonds is 7. The molecule has 0 aromatic heterocycles. The summed E-state index contributed by atoms with van der Waals surface area (Å²) in [5, 5.41) is -0.734.